The molecule has 5 nitrogen and oxygen atoms in total. The summed E-state index contributed by atoms with van der Waals surface area (Å²) in [6, 6.07) is 23.7. The SMILES string of the molecule is COC(=O)c1ccc(CSc2nc3ccccc3c3nc4ccccc4n23)cc1. The van der Waals surface area contributed by atoms with E-state index < -0.39 is 0 Å². The molecule has 0 atom stereocenters. The van der Waals surface area contributed by atoms with Gasteiger partial charge in [0.1, 0.15) is 5.65 Å². The van der Waals surface area contributed by atoms with Crippen molar-refractivity contribution in [2.75, 3.05) is 7.11 Å². The van der Waals surface area contributed by atoms with Gasteiger partial charge >= 0.3 is 5.97 Å². The summed E-state index contributed by atoms with van der Waals surface area (Å²) in [7, 11) is 1.39. The van der Waals surface area contributed by atoms with E-state index in [1.165, 1.54) is 7.11 Å². The molecule has 0 fully saturated rings. The molecule has 0 radical (unpaired) electrons. The van der Waals surface area contributed by atoms with Crippen molar-refractivity contribution in [1.82, 2.24) is 14.4 Å². The van der Waals surface area contributed by atoms with E-state index in [1.54, 1.807) is 23.9 Å². The molecule has 29 heavy (non-hydrogen) atoms. The number of imidazole rings is 1. The first kappa shape index (κ1) is 17.7. The smallest absolute Gasteiger partial charge is 0.337 e. The summed E-state index contributed by atoms with van der Waals surface area (Å²) in [4.78, 5) is 21.4. The molecule has 0 saturated carbocycles. The van der Waals surface area contributed by atoms with Crippen LogP contribution in [0.5, 0.6) is 0 Å². The molecule has 0 saturated heterocycles. The van der Waals surface area contributed by atoms with Crippen LogP contribution in [0, 0.1) is 0 Å². The van der Waals surface area contributed by atoms with Crippen molar-refractivity contribution in [3.8, 4) is 0 Å². The summed E-state index contributed by atoms with van der Waals surface area (Å²) >= 11 is 1.65. The third-order valence-electron chi connectivity index (χ3n) is 4.86. The molecule has 2 heterocycles. The Balaban J connectivity index is 1.57. The third kappa shape index (κ3) is 3.11. The minimum absolute atomic E-state index is 0.327. The minimum atomic E-state index is -0.327. The summed E-state index contributed by atoms with van der Waals surface area (Å²) in [5.74, 6) is 0.404. The molecule has 0 aliphatic heterocycles. The lowest BCUT2D eigenvalue weighted by molar-refractivity contribution is 0.0600. The number of hydrogen-bond acceptors (Lipinski definition) is 5. The summed E-state index contributed by atoms with van der Waals surface area (Å²) in [5.41, 5.74) is 5.50. The quantitative estimate of drug-likeness (QED) is 0.239. The molecule has 0 spiro atoms. The van der Waals surface area contributed by atoms with Crippen molar-refractivity contribution < 1.29 is 9.53 Å². The van der Waals surface area contributed by atoms with Gasteiger partial charge in [-0.2, -0.15) is 0 Å². The first-order valence-electron chi connectivity index (χ1n) is 9.20. The number of para-hydroxylation sites is 3. The van der Waals surface area contributed by atoms with Crippen LogP contribution in [0.1, 0.15) is 15.9 Å². The van der Waals surface area contributed by atoms with Gasteiger partial charge in [0.25, 0.3) is 0 Å². The summed E-state index contributed by atoms with van der Waals surface area (Å²) < 4.78 is 6.89. The van der Waals surface area contributed by atoms with E-state index in [4.69, 9.17) is 14.7 Å². The number of carbonyl (C=O) groups is 1. The standard InChI is InChI=1S/C23H17N3O2S/c1-28-22(27)16-12-10-15(11-13-16)14-29-23-25-18-7-3-2-6-17(18)21-24-19-8-4-5-9-20(19)26(21)23/h2-13H,14H2,1H3. The largest absolute Gasteiger partial charge is 0.465 e. The molecule has 5 rings (SSSR count). The molecule has 3 aromatic carbocycles. The lowest BCUT2D eigenvalue weighted by atomic mass is 10.1. The molecule has 0 N–H and O–H groups in total. The first-order valence-corrected chi connectivity index (χ1v) is 10.2. The number of carbonyl (C=O) groups excluding carboxylic acids is 1. The highest BCUT2D eigenvalue weighted by Crippen LogP contribution is 2.30. The van der Waals surface area contributed by atoms with E-state index >= 15 is 0 Å². The predicted octanol–water partition coefficient (Wildman–Crippen LogP) is 5.11. The van der Waals surface area contributed by atoms with Crippen LogP contribution in [0.4, 0.5) is 0 Å². The number of fused-ring (bicyclic) bond motifs is 5. The van der Waals surface area contributed by atoms with Crippen LogP contribution in [0.15, 0.2) is 78.0 Å². The van der Waals surface area contributed by atoms with Gasteiger partial charge in [0, 0.05) is 11.1 Å². The van der Waals surface area contributed by atoms with Crippen LogP contribution in [-0.2, 0) is 10.5 Å². The van der Waals surface area contributed by atoms with Crippen molar-refractivity contribution in [2.24, 2.45) is 0 Å². The number of esters is 1. The molecular weight excluding hydrogens is 382 g/mol. The highest BCUT2D eigenvalue weighted by atomic mass is 32.2. The molecular formula is C23H17N3O2S. The fraction of sp³-hybridized carbons (Fsp3) is 0.0870. The van der Waals surface area contributed by atoms with E-state index in [0.717, 1.165) is 44.1 Å². The number of rotatable bonds is 4. The molecule has 0 unspecified atom stereocenters. The summed E-state index contributed by atoms with van der Waals surface area (Å²) in [6.07, 6.45) is 0. The van der Waals surface area contributed by atoms with Crippen LogP contribution in [0.2, 0.25) is 0 Å². The molecule has 5 aromatic rings. The van der Waals surface area contributed by atoms with Gasteiger partial charge in [0.05, 0.1) is 29.2 Å². The monoisotopic (exact) mass is 399 g/mol. The number of ether oxygens (including phenoxy) is 1. The number of thioether (sulfide) groups is 1. The number of hydrogen-bond donors (Lipinski definition) is 0. The van der Waals surface area contributed by atoms with Gasteiger partial charge in [-0.15, -0.1) is 0 Å². The van der Waals surface area contributed by atoms with Gasteiger partial charge in [0.2, 0.25) is 0 Å². The lowest BCUT2D eigenvalue weighted by Gasteiger charge is -2.09. The Kier molecular flexibility index (Phi) is 4.41. The van der Waals surface area contributed by atoms with Crippen LogP contribution in [0.3, 0.4) is 0 Å². The Morgan fingerprint density at radius 2 is 1.66 bits per heavy atom. The number of methoxy groups -OCH3 is 1. The summed E-state index contributed by atoms with van der Waals surface area (Å²) in [6.45, 7) is 0. The van der Waals surface area contributed by atoms with Gasteiger partial charge in [0.15, 0.2) is 5.16 Å². The highest BCUT2D eigenvalue weighted by molar-refractivity contribution is 7.98. The second-order valence-corrected chi connectivity index (χ2v) is 7.59. The molecule has 0 aliphatic carbocycles. The lowest BCUT2D eigenvalue weighted by Crippen LogP contribution is -2.01. The average molecular weight is 399 g/mol. The van der Waals surface area contributed by atoms with E-state index in [0.29, 0.717) is 5.56 Å². The Morgan fingerprint density at radius 1 is 0.931 bits per heavy atom. The van der Waals surface area contributed by atoms with Gasteiger partial charge in [-0.05, 0) is 42.0 Å². The Hall–Kier alpha value is -3.38. The Labute approximate surface area is 171 Å². The molecule has 6 heteroatoms. The van der Waals surface area contributed by atoms with E-state index in [2.05, 4.69) is 16.5 Å². The molecule has 142 valence electrons. The van der Waals surface area contributed by atoms with Crippen molar-refractivity contribution in [2.45, 2.75) is 10.9 Å². The zero-order valence-electron chi connectivity index (χ0n) is 15.7. The Morgan fingerprint density at radius 3 is 2.45 bits per heavy atom. The van der Waals surface area contributed by atoms with Gasteiger partial charge in [-0.1, -0.05) is 48.2 Å². The second kappa shape index (κ2) is 7.22. The zero-order valence-corrected chi connectivity index (χ0v) is 16.5. The van der Waals surface area contributed by atoms with E-state index in [-0.39, 0.29) is 5.97 Å². The Bertz CT molecular complexity index is 1360. The maximum Gasteiger partial charge on any atom is 0.337 e. The fourth-order valence-corrected chi connectivity index (χ4v) is 4.38. The molecule has 2 aromatic heterocycles. The highest BCUT2D eigenvalue weighted by Gasteiger charge is 2.14. The van der Waals surface area contributed by atoms with Gasteiger partial charge in [-0.3, -0.25) is 4.40 Å². The minimum Gasteiger partial charge on any atom is -0.465 e. The third-order valence-corrected chi connectivity index (χ3v) is 5.87. The number of aromatic nitrogens is 3. The van der Waals surface area contributed by atoms with Crippen LogP contribution in [0.25, 0.3) is 27.6 Å². The molecule has 0 amide bonds. The van der Waals surface area contributed by atoms with Crippen LogP contribution >= 0.6 is 11.8 Å². The van der Waals surface area contributed by atoms with Gasteiger partial charge < -0.3 is 4.74 Å². The van der Waals surface area contributed by atoms with Crippen LogP contribution in [-0.4, -0.2) is 27.4 Å². The van der Waals surface area contributed by atoms with Gasteiger partial charge in [-0.25, -0.2) is 14.8 Å². The fourth-order valence-electron chi connectivity index (χ4n) is 3.41. The summed E-state index contributed by atoms with van der Waals surface area (Å²) in [5, 5.41) is 1.93. The maximum atomic E-state index is 11.6. The van der Waals surface area contributed by atoms with E-state index in [9.17, 15) is 4.79 Å². The topological polar surface area (TPSA) is 56.5 Å². The predicted molar refractivity (Wildman–Crippen MR) is 115 cm³/mol. The molecule has 0 bridgehead atoms. The van der Waals surface area contributed by atoms with Crippen molar-refractivity contribution in [3.05, 3.63) is 83.9 Å². The van der Waals surface area contributed by atoms with Crippen molar-refractivity contribution >= 4 is 45.3 Å². The first-order chi connectivity index (χ1) is 14.2. The molecule has 0 aliphatic rings. The normalized spacial score (nSPS) is 11.3. The zero-order chi connectivity index (χ0) is 19.8. The van der Waals surface area contributed by atoms with E-state index in [1.807, 2.05) is 48.5 Å². The second-order valence-electron chi connectivity index (χ2n) is 6.65. The number of benzene rings is 3. The van der Waals surface area contributed by atoms with Crippen molar-refractivity contribution in [1.29, 1.82) is 0 Å². The maximum absolute atomic E-state index is 11.6. The van der Waals surface area contributed by atoms with Crippen LogP contribution < -0.4 is 0 Å². The van der Waals surface area contributed by atoms with Crippen molar-refractivity contribution in [3.63, 3.8) is 0 Å². The average Bonchev–Trinajstić information content (AvgIpc) is 3.17. The number of nitrogens with zero attached hydrogens (tertiary/aromatic N) is 3.